The number of ether oxygens (including phenoxy) is 2. The van der Waals surface area contributed by atoms with E-state index < -0.39 is 18.1 Å². The van der Waals surface area contributed by atoms with Gasteiger partial charge in [-0.1, -0.05) is 0 Å². The third-order valence-corrected chi connectivity index (χ3v) is 2.93. The minimum atomic E-state index is -1.04. The first-order valence-corrected chi connectivity index (χ1v) is 5.57. The Labute approximate surface area is 100 Å². The summed E-state index contributed by atoms with van der Waals surface area (Å²) in [4.78, 5) is 22.3. The minimum Gasteiger partial charge on any atom is -0.480 e. The van der Waals surface area contributed by atoms with Crippen LogP contribution in [0, 0.1) is 5.92 Å². The monoisotopic (exact) mass is 245 g/mol. The molecule has 1 amide bonds. The lowest BCUT2D eigenvalue weighted by molar-refractivity contribution is -0.144. The van der Waals surface area contributed by atoms with E-state index in [1.807, 2.05) is 13.8 Å². The SMILES string of the molecule is COC(=O)N[C@@H](C(=O)O)[C@@H]1CCOC(C)(C)C1. The molecule has 98 valence electrons. The van der Waals surface area contributed by atoms with E-state index in [2.05, 4.69) is 10.1 Å². The Hall–Kier alpha value is -1.30. The zero-order valence-electron chi connectivity index (χ0n) is 10.4. The van der Waals surface area contributed by atoms with Gasteiger partial charge in [0.15, 0.2) is 0 Å². The van der Waals surface area contributed by atoms with Gasteiger partial charge >= 0.3 is 12.1 Å². The van der Waals surface area contributed by atoms with E-state index in [0.29, 0.717) is 19.4 Å². The molecule has 1 aliphatic rings. The van der Waals surface area contributed by atoms with E-state index in [1.54, 1.807) is 0 Å². The van der Waals surface area contributed by atoms with Gasteiger partial charge in [0, 0.05) is 6.61 Å². The molecule has 1 saturated heterocycles. The maximum atomic E-state index is 11.2. The second kappa shape index (κ2) is 5.35. The standard InChI is InChI=1S/C11H19NO5/c1-11(2)6-7(4-5-17-11)8(9(13)14)12-10(15)16-3/h7-8H,4-6H2,1-3H3,(H,12,15)(H,13,14)/t7-,8-/m1/s1. The Bertz CT molecular complexity index is 302. The summed E-state index contributed by atoms with van der Waals surface area (Å²) in [5, 5.41) is 11.5. The lowest BCUT2D eigenvalue weighted by Gasteiger charge is -2.37. The number of carbonyl (C=O) groups excluding carboxylic acids is 1. The maximum Gasteiger partial charge on any atom is 0.407 e. The van der Waals surface area contributed by atoms with Crippen LogP contribution in [0.5, 0.6) is 0 Å². The van der Waals surface area contributed by atoms with E-state index in [-0.39, 0.29) is 11.5 Å². The summed E-state index contributed by atoms with van der Waals surface area (Å²) in [5.74, 6) is -1.19. The van der Waals surface area contributed by atoms with Crippen LogP contribution in [0.4, 0.5) is 4.79 Å². The summed E-state index contributed by atoms with van der Waals surface area (Å²) >= 11 is 0. The van der Waals surface area contributed by atoms with Gasteiger partial charge in [-0.15, -0.1) is 0 Å². The average molecular weight is 245 g/mol. The largest absolute Gasteiger partial charge is 0.480 e. The molecule has 0 aromatic rings. The van der Waals surface area contributed by atoms with Crippen molar-refractivity contribution in [2.75, 3.05) is 13.7 Å². The highest BCUT2D eigenvalue weighted by Crippen LogP contribution is 2.30. The number of hydrogen-bond acceptors (Lipinski definition) is 4. The lowest BCUT2D eigenvalue weighted by atomic mass is 9.83. The summed E-state index contributed by atoms with van der Waals surface area (Å²) in [6, 6.07) is -0.925. The van der Waals surface area contributed by atoms with Crippen molar-refractivity contribution in [2.45, 2.75) is 38.3 Å². The highest BCUT2D eigenvalue weighted by molar-refractivity contribution is 5.80. The normalized spacial score (nSPS) is 24.8. The Balaban J connectivity index is 2.70. The number of nitrogens with one attached hydrogen (secondary N) is 1. The van der Waals surface area contributed by atoms with Crippen molar-refractivity contribution in [1.82, 2.24) is 5.32 Å². The Morgan fingerprint density at radius 3 is 2.65 bits per heavy atom. The Kier molecular flexibility index (Phi) is 4.34. The fourth-order valence-electron chi connectivity index (χ4n) is 2.13. The molecular formula is C11H19NO5. The molecule has 6 heteroatoms. The van der Waals surface area contributed by atoms with Crippen molar-refractivity contribution in [2.24, 2.45) is 5.92 Å². The summed E-state index contributed by atoms with van der Waals surface area (Å²) in [6.45, 7) is 4.33. The van der Waals surface area contributed by atoms with Gasteiger partial charge in [-0.2, -0.15) is 0 Å². The molecule has 1 heterocycles. The first-order valence-electron chi connectivity index (χ1n) is 5.57. The van der Waals surface area contributed by atoms with Crippen LogP contribution in [0.2, 0.25) is 0 Å². The van der Waals surface area contributed by atoms with Gasteiger partial charge in [-0.25, -0.2) is 9.59 Å². The minimum absolute atomic E-state index is 0.143. The molecule has 6 nitrogen and oxygen atoms in total. The second-order valence-corrected chi connectivity index (χ2v) is 4.81. The Morgan fingerprint density at radius 1 is 1.53 bits per heavy atom. The van der Waals surface area contributed by atoms with Crippen LogP contribution in [0.25, 0.3) is 0 Å². The van der Waals surface area contributed by atoms with Crippen molar-refractivity contribution in [3.8, 4) is 0 Å². The predicted octanol–water partition coefficient (Wildman–Crippen LogP) is 1.00. The van der Waals surface area contributed by atoms with Gasteiger partial charge in [0.25, 0.3) is 0 Å². The molecule has 1 fully saturated rings. The molecule has 2 atom stereocenters. The molecule has 0 spiro atoms. The third-order valence-electron chi connectivity index (χ3n) is 2.93. The van der Waals surface area contributed by atoms with Gasteiger partial charge in [0.05, 0.1) is 12.7 Å². The molecule has 0 saturated carbocycles. The van der Waals surface area contributed by atoms with Crippen molar-refractivity contribution in [3.05, 3.63) is 0 Å². The van der Waals surface area contributed by atoms with E-state index in [4.69, 9.17) is 9.84 Å². The van der Waals surface area contributed by atoms with Crippen molar-refractivity contribution < 1.29 is 24.2 Å². The summed E-state index contributed by atoms with van der Waals surface area (Å²) in [5.41, 5.74) is -0.353. The number of methoxy groups -OCH3 is 1. The smallest absolute Gasteiger partial charge is 0.407 e. The average Bonchev–Trinajstić information content (AvgIpc) is 2.23. The number of carboxylic acid groups (broad SMARTS) is 1. The number of hydrogen-bond donors (Lipinski definition) is 2. The molecule has 0 aromatic heterocycles. The van der Waals surface area contributed by atoms with Crippen LogP contribution in [0.15, 0.2) is 0 Å². The fraction of sp³-hybridized carbons (Fsp3) is 0.818. The number of carboxylic acids is 1. The van der Waals surface area contributed by atoms with Crippen molar-refractivity contribution in [3.63, 3.8) is 0 Å². The van der Waals surface area contributed by atoms with Crippen LogP contribution in [0.3, 0.4) is 0 Å². The number of carbonyl (C=O) groups is 2. The highest BCUT2D eigenvalue weighted by Gasteiger charge is 2.37. The summed E-state index contributed by atoms with van der Waals surface area (Å²) in [6.07, 6.45) is 0.486. The molecular weight excluding hydrogens is 226 g/mol. The number of alkyl carbamates (subject to hydrolysis) is 1. The van der Waals surface area contributed by atoms with Gasteiger partial charge in [0.2, 0.25) is 0 Å². The molecule has 1 aliphatic heterocycles. The molecule has 0 aromatic carbocycles. The zero-order chi connectivity index (χ0) is 13.1. The van der Waals surface area contributed by atoms with Gasteiger partial charge < -0.3 is 19.9 Å². The topological polar surface area (TPSA) is 84.9 Å². The summed E-state index contributed by atoms with van der Waals surface area (Å²) < 4.78 is 9.95. The van der Waals surface area contributed by atoms with Crippen LogP contribution >= 0.6 is 0 Å². The quantitative estimate of drug-likeness (QED) is 0.774. The highest BCUT2D eigenvalue weighted by atomic mass is 16.5. The maximum absolute atomic E-state index is 11.2. The molecule has 0 radical (unpaired) electrons. The fourth-order valence-corrected chi connectivity index (χ4v) is 2.13. The molecule has 0 aliphatic carbocycles. The first kappa shape index (κ1) is 13.8. The van der Waals surface area contributed by atoms with Crippen molar-refractivity contribution in [1.29, 1.82) is 0 Å². The van der Waals surface area contributed by atoms with Gasteiger partial charge in [-0.05, 0) is 32.6 Å². The third kappa shape index (κ3) is 3.89. The molecule has 2 N–H and O–H groups in total. The number of aliphatic carboxylic acids is 1. The zero-order valence-corrected chi connectivity index (χ0v) is 10.4. The van der Waals surface area contributed by atoms with E-state index in [9.17, 15) is 9.59 Å². The van der Waals surface area contributed by atoms with E-state index in [0.717, 1.165) is 0 Å². The number of amides is 1. The molecule has 1 rings (SSSR count). The molecule has 0 bridgehead atoms. The molecule has 17 heavy (non-hydrogen) atoms. The number of rotatable bonds is 3. The lowest BCUT2D eigenvalue weighted by Crippen LogP contribution is -2.50. The molecule has 0 unspecified atom stereocenters. The van der Waals surface area contributed by atoms with E-state index >= 15 is 0 Å². The van der Waals surface area contributed by atoms with E-state index in [1.165, 1.54) is 7.11 Å². The van der Waals surface area contributed by atoms with Crippen LogP contribution in [-0.4, -0.2) is 42.5 Å². The van der Waals surface area contributed by atoms with Gasteiger partial charge in [0.1, 0.15) is 6.04 Å². The van der Waals surface area contributed by atoms with Crippen LogP contribution < -0.4 is 5.32 Å². The second-order valence-electron chi connectivity index (χ2n) is 4.81. The Morgan fingerprint density at radius 2 is 2.18 bits per heavy atom. The van der Waals surface area contributed by atoms with Crippen molar-refractivity contribution >= 4 is 12.1 Å². The first-order chi connectivity index (χ1) is 7.85. The predicted molar refractivity (Wildman–Crippen MR) is 59.7 cm³/mol. The van der Waals surface area contributed by atoms with Crippen LogP contribution in [-0.2, 0) is 14.3 Å². The van der Waals surface area contributed by atoms with Gasteiger partial charge in [-0.3, -0.25) is 0 Å². The summed E-state index contributed by atoms with van der Waals surface area (Å²) in [7, 11) is 1.21. The van der Waals surface area contributed by atoms with Crippen LogP contribution in [0.1, 0.15) is 26.7 Å².